The zero-order valence-electron chi connectivity index (χ0n) is 12.3. The zero-order valence-corrected chi connectivity index (χ0v) is 15.2. The van der Waals surface area contributed by atoms with Gasteiger partial charge in [-0.15, -0.1) is 0 Å². The summed E-state index contributed by atoms with van der Waals surface area (Å²) in [5.41, 5.74) is 1.92. The molecule has 0 saturated carbocycles. The second kappa shape index (κ2) is 11.7. The van der Waals surface area contributed by atoms with E-state index >= 15 is 0 Å². The van der Waals surface area contributed by atoms with Crippen molar-refractivity contribution in [3.63, 3.8) is 0 Å². The molecule has 0 aliphatic heterocycles. The first-order valence-corrected chi connectivity index (χ1v) is 6.34. The molecule has 5 heteroatoms. The molecular weight excluding hydrogens is 345 g/mol. The molecule has 0 atom stereocenters. The minimum Gasteiger partial charge on any atom is -0.497 e. The summed E-state index contributed by atoms with van der Waals surface area (Å²) in [4.78, 5) is 0. The molecule has 0 fully saturated rings. The van der Waals surface area contributed by atoms with Crippen LogP contribution in [-0.2, 0) is 32.7 Å². The minimum absolute atomic E-state index is 0. The van der Waals surface area contributed by atoms with Gasteiger partial charge in [0.2, 0.25) is 0 Å². The first-order valence-electron chi connectivity index (χ1n) is 6.34. The Kier molecular flexibility index (Phi) is 11.2. The van der Waals surface area contributed by atoms with Gasteiger partial charge in [0, 0.05) is 44.9 Å². The topological polar surface area (TPSA) is 58.9 Å². The van der Waals surface area contributed by atoms with Crippen LogP contribution in [0, 0.1) is 0 Å². The average molecular weight is 365 g/mol. The van der Waals surface area contributed by atoms with Crippen LogP contribution < -0.4 is 9.47 Å². The van der Waals surface area contributed by atoms with Gasteiger partial charge in [-0.3, -0.25) is 0 Å². The minimum atomic E-state index is -0.341. The number of aliphatic hydroxyl groups is 2. The van der Waals surface area contributed by atoms with Gasteiger partial charge < -0.3 is 19.7 Å². The Hall–Kier alpha value is -0.936. The first kappa shape index (κ1) is 20.1. The van der Waals surface area contributed by atoms with Crippen LogP contribution in [0.3, 0.4) is 0 Å². The van der Waals surface area contributed by atoms with Crippen molar-refractivity contribution >= 4 is 0 Å². The number of rotatable bonds is 4. The Labute approximate surface area is 150 Å². The fourth-order valence-corrected chi connectivity index (χ4v) is 1.67. The maximum Gasteiger partial charge on any atom is 0.186 e. The molecule has 21 heavy (non-hydrogen) atoms. The van der Waals surface area contributed by atoms with E-state index in [-0.39, 0.29) is 46.1 Å². The molecule has 111 valence electrons. The van der Waals surface area contributed by atoms with Gasteiger partial charge in [0.15, 0.2) is 6.79 Å². The molecule has 0 saturated heterocycles. The summed E-state index contributed by atoms with van der Waals surface area (Å²) < 4.78 is 10.4. The SMILES string of the molecule is CCO.COc1ccc(OCO)c(-c2ccccc2)c1.[Y]. The van der Waals surface area contributed by atoms with Gasteiger partial charge in [0.05, 0.1) is 7.11 Å². The fraction of sp³-hybridized carbons (Fsp3) is 0.250. The van der Waals surface area contributed by atoms with Crippen LogP contribution >= 0.6 is 0 Å². The summed E-state index contributed by atoms with van der Waals surface area (Å²) in [5, 5.41) is 16.4. The smallest absolute Gasteiger partial charge is 0.186 e. The van der Waals surface area contributed by atoms with Gasteiger partial charge in [-0.1, -0.05) is 30.3 Å². The van der Waals surface area contributed by atoms with E-state index in [0.717, 1.165) is 16.9 Å². The molecule has 0 unspecified atom stereocenters. The number of methoxy groups -OCH3 is 1. The Morgan fingerprint density at radius 2 is 1.62 bits per heavy atom. The van der Waals surface area contributed by atoms with Crippen LogP contribution in [-0.4, -0.2) is 30.7 Å². The average Bonchev–Trinajstić information content (AvgIpc) is 2.50. The quantitative estimate of drug-likeness (QED) is 0.818. The molecular formula is C16H20O4Y. The molecule has 2 rings (SSSR count). The second-order valence-electron chi connectivity index (χ2n) is 3.82. The molecule has 2 aromatic carbocycles. The van der Waals surface area contributed by atoms with Crippen molar-refractivity contribution in [2.45, 2.75) is 6.92 Å². The maximum absolute atomic E-state index is 8.86. The monoisotopic (exact) mass is 365 g/mol. The summed E-state index contributed by atoms with van der Waals surface area (Å²) in [6.45, 7) is 1.59. The molecule has 0 bridgehead atoms. The van der Waals surface area contributed by atoms with Crippen molar-refractivity contribution in [1.82, 2.24) is 0 Å². The van der Waals surface area contributed by atoms with Crippen molar-refractivity contribution in [3.8, 4) is 22.6 Å². The molecule has 4 nitrogen and oxygen atoms in total. The summed E-state index contributed by atoms with van der Waals surface area (Å²) in [6, 6.07) is 15.3. The van der Waals surface area contributed by atoms with E-state index in [0.29, 0.717) is 5.75 Å². The van der Waals surface area contributed by atoms with E-state index < -0.39 is 0 Å². The number of ether oxygens (including phenoxy) is 2. The zero-order chi connectivity index (χ0) is 14.8. The van der Waals surface area contributed by atoms with Gasteiger partial charge in [-0.2, -0.15) is 0 Å². The van der Waals surface area contributed by atoms with Gasteiger partial charge in [-0.05, 0) is 30.7 Å². The predicted molar refractivity (Wildman–Crippen MR) is 78.9 cm³/mol. The van der Waals surface area contributed by atoms with E-state index in [1.54, 1.807) is 26.2 Å². The molecule has 0 aliphatic rings. The Morgan fingerprint density at radius 3 is 2.14 bits per heavy atom. The molecule has 0 spiro atoms. The van der Waals surface area contributed by atoms with Crippen molar-refractivity contribution < 1.29 is 52.4 Å². The predicted octanol–water partition coefficient (Wildman–Crippen LogP) is 2.69. The van der Waals surface area contributed by atoms with Crippen molar-refractivity contribution in [2.75, 3.05) is 20.5 Å². The Morgan fingerprint density at radius 1 is 1.00 bits per heavy atom. The van der Waals surface area contributed by atoms with Gasteiger partial charge in [0.25, 0.3) is 0 Å². The maximum atomic E-state index is 8.86. The van der Waals surface area contributed by atoms with E-state index in [1.165, 1.54) is 0 Å². The molecule has 1 radical (unpaired) electrons. The summed E-state index contributed by atoms with van der Waals surface area (Å²) in [5.74, 6) is 1.40. The molecule has 2 N–H and O–H groups in total. The number of benzene rings is 2. The van der Waals surface area contributed by atoms with Crippen molar-refractivity contribution in [2.24, 2.45) is 0 Å². The number of hydrogen-bond donors (Lipinski definition) is 2. The molecule has 0 aromatic heterocycles. The Balaban J connectivity index is 0.000000922. The van der Waals surface area contributed by atoms with E-state index in [1.807, 2.05) is 36.4 Å². The van der Waals surface area contributed by atoms with E-state index in [2.05, 4.69) is 0 Å². The molecule has 2 aromatic rings. The Bertz CT molecular complexity index is 503. The number of aliphatic hydroxyl groups excluding tert-OH is 2. The molecule has 0 heterocycles. The second-order valence-corrected chi connectivity index (χ2v) is 3.82. The third-order valence-electron chi connectivity index (χ3n) is 2.49. The third-order valence-corrected chi connectivity index (χ3v) is 2.49. The van der Waals surface area contributed by atoms with Gasteiger partial charge >= 0.3 is 0 Å². The van der Waals surface area contributed by atoms with Gasteiger partial charge in [0.1, 0.15) is 11.5 Å². The first-order chi connectivity index (χ1) is 9.76. The van der Waals surface area contributed by atoms with Crippen LogP contribution in [0.5, 0.6) is 11.5 Å². The van der Waals surface area contributed by atoms with Crippen LogP contribution in [0.1, 0.15) is 6.92 Å². The van der Waals surface area contributed by atoms with Crippen molar-refractivity contribution in [1.29, 1.82) is 0 Å². The summed E-state index contributed by atoms with van der Waals surface area (Å²) >= 11 is 0. The normalized spacial score (nSPS) is 8.95. The van der Waals surface area contributed by atoms with E-state index in [4.69, 9.17) is 19.7 Å². The molecule has 0 aliphatic carbocycles. The van der Waals surface area contributed by atoms with Crippen LogP contribution in [0.25, 0.3) is 11.1 Å². The van der Waals surface area contributed by atoms with Crippen LogP contribution in [0.2, 0.25) is 0 Å². The largest absolute Gasteiger partial charge is 0.497 e. The van der Waals surface area contributed by atoms with E-state index in [9.17, 15) is 0 Å². The number of hydrogen-bond acceptors (Lipinski definition) is 4. The van der Waals surface area contributed by atoms with Crippen molar-refractivity contribution in [3.05, 3.63) is 48.5 Å². The van der Waals surface area contributed by atoms with Gasteiger partial charge in [-0.25, -0.2) is 0 Å². The van der Waals surface area contributed by atoms with Crippen LogP contribution in [0.4, 0.5) is 0 Å². The van der Waals surface area contributed by atoms with Crippen LogP contribution in [0.15, 0.2) is 48.5 Å². The standard InChI is InChI=1S/C14H14O3.C2H6O.Y/c1-16-12-7-8-14(17-10-15)13(9-12)11-5-3-2-4-6-11;1-2-3;/h2-9,15H,10H2,1H3;3H,2H2,1H3;. The third kappa shape index (κ3) is 6.57. The fourth-order valence-electron chi connectivity index (χ4n) is 1.67. The summed E-state index contributed by atoms with van der Waals surface area (Å²) in [7, 11) is 1.62. The molecule has 0 amide bonds. The summed E-state index contributed by atoms with van der Waals surface area (Å²) in [6.07, 6.45) is 0.